The van der Waals surface area contributed by atoms with Crippen molar-refractivity contribution in [3.8, 4) is 11.5 Å². The minimum atomic E-state index is -0.115. The highest BCUT2D eigenvalue weighted by Crippen LogP contribution is 2.19. The monoisotopic (exact) mass is 434 g/mol. The largest absolute Gasteiger partial charge is 0.497 e. The molecule has 6 heteroatoms. The van der Waals surface area contributed by atoms with Crippen LogP contribution < -0.4 is 9.47 Å². The molecular weight excluding hydrogens is 404 g/mol. The van der Waals surface area contributed by atoms with Crippen LogP contribution in [0.3, 0.4) is 0 Å². The molecule has 0 amide bonds. The number of ketones is 1. The summed E-state index contributed by atoms with van der Waals surface area (Å²) >= 11 is 0. The van der Waals surface area contributed by atoms with Crippen molar-refractivity contribution in [3.05, 3.63) is 82.7 Å². The number of carbonyl (C=O) groups excluding carboxylic acids is 1. The summed E-state index contributed by atoms with van der Waals surface area (Å²) in [5.41, 5.74) is 4.68. The zero-order valence-corrected chi connectivity index (χ0v) is 19.1. The molecule has 0 radical (unpaired) electrons. The molecule has 1 aromatic heterocycles. The zero-order valence-electron chi connectivity index (χ0n) is 19.1. The number of para-hydroxylation sites is 1. The van der Waals surface area contributed by atoms with Crippen LogP contribution in [-0.2, 0) is 17.8 Å². The van der Waals surface area contributed by atoms with Crippen molar-refractivity contribution in [2.75, 3.05) is 20.3 Å². The summed E-state index contributed by atoms with van der Waals surface area (Å²) in [6, 6.07) is 17.5. The number of carbonyl (C=O) groups is 1. The van der Waals surface area contributed by atoms with Gasteiger partial charge in [-0.2, -0.15) is 0 Å². The summed E-state index contributed by atoms with van der Waals surface area (Å²) in [5.74, 6) is 1.48. The topological polar surface area (TPSA) is 62.0 Å². The number of rotatable bonds is 11. The number of oxime groups is 1. The van der Waals surface area contributed by atoms with Crippen molar-refractivity contribution in [2.45, 2.75) is 33.7 Å². The fourth-order valence-corrected chi connectivity index (χ4v) is 3.60. The van der Waals surface area contributed by atoms with E-state index in [1.807, 2.05) is 63.2 Å². The van der Waals surface area contributed by atoms with E-state index in [1.54, 1.807) is 13.3 Å². The van der Waals surface area contributed by atoms with E-state index in [9.17, 15) is 4.79 Å². The molecule has 0 N–H and O–H groups in total. The van der Waals surface area contributed by atoms with Crippen LogP contribution >= 0.6 is 0 Å². The van der Waals surface area contributed by atoms with Crippen LogP contribution in [0.1, 0.15) is 39.8 Å². The van der Waals surface area contributed by atoms with Gasteiger partial charge in [0.05, 0.1) is 19.9 Å². The van der Waals surface area contributed by atoms with E-state index in [-0.39, 0.29) is 12.4 Å². The second-order valence-corrected chi connectivity index (χ2v) is 7.44. The summed E-state index contributed by atoms with van der Waals surface area (Å²) < 4.78 is 12.9. The van der Waals surface area contributed by atoms with E-state index < -0.39 is 0 Å². The van der Waals surface area contributed by atoms with Crippen LogP contribution in [0.2, 0.25) is 0 Å². The quantitative estimate of drug-likeness (QED) is 0.242. The third-order valence-corrected chi connectivity index (χ3v) is 5.34. The maximum Gasteiger partial charge on any atom is 0.204 e. The van der Waals surface area contributed by atoms with Gasteiger partial charge in [-0.1, -0.05) is 29.4 Å². The van der Waals surface area contributed by atoms with E-state index in [4.69, 9.17) is 14.3 Å². The Morgan fingerprint density at radius 3 is 2.56 bits per heavy atom. The first kappa shape index (κ1) is 23.1. The molecule has 0 aliphatic carbocycles. The lowest BCUT2D eigenvalue weighted by Crippen LogP contribution is -2.10. The number of aryl methyl sites for hydroxylation is 2. The second-order valence-electron chi connectivity index (χ2n) is 7.44. The van der Waals surface area contributed by atoms with Crippen LogP contribution in [0.4, 0.5) is 0 Å². The van der Waals surface area contributed by atoms with E-state index >= 15 is 0 Å². The van der Waals surface area contributed by atoms with Gasteiger partial charge in [0, 0.05) is 29.1 Å². The number of hydrogen-bond acceptors (Lipinski definition) is 5. The maximum absolute atomic E-state index is 12.7. The molecule has 0 spiro atoms. The number of nitrogens with zero attached hydrogens (tertiary/aromatic N) is 2. The Labute approximate surface area is 189 Å². The highest BCUT2D eigenvalue weighted by Gasteiger charge is 2.16. The number of ether oxygens (including phenoxy) is 2. The third kappa shape index (κ3) is 5.78. The molecule has 0 aliphatic rings. The number of methoxy groups -OCH3 is 1. The van der Waals surface area contributed by atoms with Gasteiger partial charge in [-0.25, -0.2) is 0 Å². The molecule has 2 aromatic carbocycles. The van der Waals surface area contributed by atoms with Crippen molar-refractivity contribution in [2.24, 2.45) is 5.16 Å². The van der Waals surface area contributed by atoms with Gasteiger partial charge in [0.15, 0.2) is 6.61 Å². The van der Waals surface area contributed by atoms with E-state index in [0.29, 0.717) is 12.2 Å². The predicted molar refractivity (Wildman–Crippen MR) is 126 cm³/mol. The lowest BCUT2D eigenvalue weighted by Gasteiger charge is -2.10. The smallest absolute Gasteiger partial charge is 0.204 e. The Morgan fingerprint density at radius 2 is 1.84 bits per heavy atom. The molecule has 3 rings (SSSR count). The molecule has 3 aromatic rings. The van der Waals surface area contributed by atoms with Crippen LogP contribution in [-0.4, -0.2) is 36.9 Å². The van der Waals surface area contributed by atoms with Gasteiger partial charge >= 0.3 is 0 Å². The lowest BCUT2D eigenvalue weighted by atomic mass is 10.1. The van der Waals surface area contributed by atoms with Crippen molar-refractivity contribution in [1.82, 2.24) is 4.57 Å². The summed E-state index contributed by atoms with van der Waals surface area (Å²) in [6.07, 6.45) is 2.43. The molecule has 32 heavy (non-hydrogen) atoms. The molecule has 0 saturated heterocycles. The number of Topliss-reactive ketones (excluding diaryl/α,β-unsaturated/α-hetero) is 1. The molecular formula is C26H30N2O4. The number of benzene rings is 2. The molecule has 0 unspecified atom stereocenters. The Morgan fingerprint density at radius 1 is 1.09 bits per heavy atom. The summed E-state index contributed by atoms with van der Waals surface area (Å²) in [6.45, 7) is 7.16. The van der Waals surface area contributed by atoms with E-state index in [2.05, 4.69) is 21.9 Å². The Hall–Kier alpha value is -3.54. The molecule has 0 saturated carbocycles. The summed E-state index contributed by atoms with van der Waals surface area (Å²) in [7, 11) is 1.66. The van der Waals surface area contributed by atoms with Gasteiger partial charge < -0.3 is 18.9 Å². The maximum atomic E-state index is 12.7. The van der Waals surface area contributed by atoms with Crippen molar-refractivity contribution >= 4 is 12.0 Å². The minimum absolute atomic E-state index is 0.0935. The Bertz CT molecular complexity index is 1070. The third-order valence-electron chi connectivity index (χ3n) is 5.34. The molecule has 0 aliphatic heterocycles. The van der Waals surface area contributed by atoms with E-state index in [0.717, 1.165) is 41.4 Å². The van der Waals surface area contributed by atoms with Crippen molar-refractivity contribution in [1.29, 1.82) is 0 Å². The molecule has 0 atom stereocenters. The molecule has 168 valence electrons. The van der Waals surface area contributed by atoms with Gasteiger partial charge in [0.2, 0.25) is 5.78 Å². The van der Waals surface area contributed by atoms with E-state index in [1.165, 1.54) is 5.56 Å². The summed E-state index contributed by atoms with van der Waals surface area (Å²) in [4.78, 5) is 18.0. The molecule has 0 fully saturated rings. The molecule has 6 nitrogen and oxygen atoms in total. The number of aromatic nitrogens is 1. The van der Waals surface area contributed by atoms with Gasteiger partial charge in [0.1, 0.15) is 11.5 Å². The minimum Gasteiger partial charge on any atom is -0.497 e. The van der Waals surface area contributed by atoms with Crippen LogP contribution in [0, 0.1) is 13.8 Å². The number of hydrogen-bond donors (Lipinski definition) is 0. The van der Waals surface area contributed by atoms with Gasteiger partial charge in [-0.05, 0) is 63.1 Å². The average molecular weight is 435 g/mol. The normalized spacial score (nSPS) is 11.0. The fraction of sp³-hybridized carbons (Fsp3) is 0.308. The standard InChI is InChI=1S/C26H30N2O4/c1-5-31-26-9-7-6-8-22(26)17-27-32-18-25(29)24-16-19(2)28(20(24)3)15-14-21-10-12-23(30-4)13-11-21/h6-13,16-17H,5,14-15,18H2,1-4H3/b27-17+. The van der Waals surface area contributed by atoms with Crippen molar-refractivity contribution in [3.63, 3.8) is 0 Å². The van der Waals surface area contributed by atoms with Crippen molar-refractivity contribution < 1.29 is 19.1 Å². The molecule has 1 heterocycles. The van der Waals surface area contributed by atoms with Gasteiger partial charge in [-0.15, -0.1) is 0 Å². The summed E-state index contributed by atoms with van der Waals surface area (Å²) in [5, 5.41) is 3.96. The van der Waals surface area contributed by atoms with Gasteiger partial charge in [0.25, 0.3) is 0 Å². The Kier molecular flexibility index (Phi) is 8.08. The first-order valence-corrected chi connectivity index (χ1v) is 10.7. The highest BCUT2D eigenvalue weighted by molar-refractivity contribution is 5.98. The van der Waals surface area contributed by atoms with Gasteiger partial charge in [-0.3, -0.25) is 4.79 Å². The Balaban J connectivity index is 1.59. The first-order chi connectivity index (χ1) is 15.5. The SMILES string of the molecule is CCOc1ccccc1/C=N/OCC(=O)c1cc(C)n(CCc2ccc(OC)cc2)c1C. The fourth-order valence-electron chi connectivity index (χ4n) is 3.60. The lowest BCUT2D eigenvalue weighted by molar-refractivity contribution is 0.0778. The van der Waals surface area contributed by atoms with Crippen LogP contribution in [0.15, 0.2) is 59.8 Å². The van der Waals surface area contributed by atoms with Crippen LogP contribution in [0.25, 0.3) is 0 Å². The average Bonchev–Trinajstić information content (AvgIpc) is 3.10. The molecule has 0 bridgehead atoms. The van der Waals surface area contributed by atoms with Crippen LogP contribution in [0.5, 0.6) is 11.5 Å². The second kappa shape index (κ2) is 11.2. The highest BCUT2D eigenvalue weighted by atomic mass is 16.6. The first-order valence-electron chi connectivity index (χ1n) is 10.7. The zero-order chi connectivity index (χ0) is 22.9. The predicted octanol–water partition coefficient (Wildman–Crippen LogP) is 4.99.